The summed E-state index contributed by atoms with van der Waals surface area (Å²) in [5.74, 6) is -0.850. The Balaban J connectivity index is 2.22. The van der Waals surface area contributed by atoms with Crippen molar-refractivity contribution >= 4 is 16.0 Å². The highest BCUT2D eigenvalue weighted by Gasteiger charge is 2.25. The van der Waals surface area contributed by atoms with Gasteiger partial charge >= 0.3 is 5.97 Å². The van der Waals surface area contributed by atoms with Crippen LogP contribution in [-0.2, 0) is 19.6 Å². The van der Waals surface area contributed by atoms with E-state index in [1.807, 2.05) is 30.3 Å². The maximum absolute atomic E-state index is 12.2. The monoisotopic (exact) mass is 335 g/mol. The predicted octanol–water partition coefficient (Wildman–Crippen LogP) is 1.17. The van der Waals surface area contributed by atoms with Crippen molar-refractivity contribution in [3.8, 4) is 11.1 Å². The Morgan fingerprint density at radius 1 is 1.09 bits per heavy atom. The van der Waals surface area contributed by atoms with Crippen molar-refractivity contribution in [2.45, 2.75) is 10.9 Å². The van der Waals surface area contributed by atoms with Gasteiger partial charge in [0.25, 0.3) is 0 Å². The van der Waals surface area contributed by atoms with Gasteiger partial charge in [0.1, 0.15) is 6.04 Å². The van der Waals surface area contributed by atoms with E-state index in [2.05, 4.69) is 9.46 Å². The molecule has 7 heteroatoms. The molecule has 0 aliphatic rings. The van der Waals surface area contributed by atoms with Crippen molar-refractivity contribution in [2.24, 2.45) is 0 Å². The van der Waals surface area contributed by atoms with Gasteiger partial charge in [0.2, 0.25) is 10.0 Å². The van der Waals surface area contributed by atoms with Crippen molar-refractivity contribution in [3.05, 3.63) is 54.6 Å². The van der Waals surface area contributed by atoms with E-state index in [4.69, 9.17) is 5.11 Å². The van der Waals surface area contributed by atoms with Gasteiger partial charge in [0, 0.05) is 0 Å². The summed E-state index contributed by atoms with van der Waals surface area (Å²) in [5.41, 5.74) is 1.84. The second kappa shape index (κ2) is 7.36. The molecular weight excluding hydrogens is 318 g/mol. The normalized spacial score (nSPS) is 12.6. The Morgan fingerprint density at radius 2 is 1.65 bits per heavy atom. The molecule has 1 unspecified atom stereocenters. The van der Waals surface area contributed by atoms with Gasteiger partial charge in [-0.2, -0.15) is 4.72 Å². The summed E-state index contributed by atoms with van der Waals surface area (Å²) in [4.78, 5) is 11.4. The van der Waals surface area contributed by atoms with Gasteiger partial charge in [-0.05, 0) is 23.3 Å². The molecule has 0 spiro atoms. The van der Waals surface area contributed by atoms with Crippen LogP contribution in [0, 0.1) is 0 Å². The molecule has 2 aromatic rings. The van der Waals surface area contributed by atoms with Crippen molar-refractivity contribution < 1.29 is 23.1 Å². The molecule has 0 amide bonds. The number of carbonyl (C=O) groups excluding carboxylic acids is 1. The quantitative estimate of drug-likeness (QED) is 0.773. The van der Waals surface area contributed by atoms with Gasteiger partial charge in [-0.25, -0.2) is 8.42 Å². The number of rotatable bonds is 6. The lowest BCUT2D eigenvalue weighted by atomic mass is 10.1. The number of aliphatic hydroxyl groups excluding tert-OH is 1. The Kier molecular flexibility index (Phi) is 5.49. The molecule has 0 aromatic heterocycles. The lowest BCUT2D eigenvalue weighted by molar-refractivity contribution is -0.143. The maximum atomic E-state index is 12.2. The molecule has 0 saturated heterocycles. The zero-order valence-corrected chi connectivity index (χ0v) is 13.3. The lowest BCUT2D eigenvalue weighted by Gasteiger charge is -2.14. The van der Waals surface area contributed by atoms with Crippen LogP contribution in [-0.4, -0.2) is 39.3 Å². The minimum atomic E-state index is -3.94. The Morgan fingerprint density at radius 3 is 2.17 bits per heavy atom. The van der Waals surface area contributed by atoms with E-state index in [9.17, 15) is 13.2 Å². The minimum Gasteiger partial charge on any atom is -0.468 e. The first kappa shape index (κ1) is 17.1. The third-order valence-corrected chi connectivity index (χ3v) is 4.73. The first-order valence-electron chi connectivity index (χ1n) is 6.84. The molecule has 2 aromatic carbocycles. The first-order chi connectivity index (χ1) is 11.0. The summed E-state index contributed by atoms with van der Waals surface area (Å²) >= 11 is 0. The molecule has 2 rings (SSSR count). The van der Waals surface area contributed by atoms with E-state index in [0.29, 0.717) is 0 Å². The predicted molar refractivity (Wildman–Crippen MR) is 85.1 cm³/mol. The summed E-state index contributed by atoms with van der Waals surface area (Å²) < 4.78 is 31.0. The van der Waals surface area contributed by atoms with Crippen LogP contribution in [0.2, 0.25) is 0 Å². The van der Waals surface area contributed by atoms with Crippen molar-refractivity contribution in [2.75, 3.05) is 13.7 Å². The topological polar surface area (TPSA) is 92.7 Å². The van der Waals surface area contributed by atoms with E-state index in [0.717, 1.165) is 18.2 Å². The number of sulfonamides is 1. The molecule has 1 atom stereocenters. The van der Waals surface area contributed by atoms with Gasteiger partial charge in [-0.15, -0.1) is 0 Å². The van der Waals surface area contributed by atoms with Gasteiger partial charge in [0.05, 0.1) is 18.6 Å². The Labute approximate surface area is 134 Å². The second-order valence-electron chi connectivity index (χ2n) is 4.77. The standard InChI is InChI=1S/C16H17NO5S/c1-22-16(19)15(11-18)17-23(20,21)14-9-7-13(8-10-14)12-5-3-2-4-6-12/h2-10,15,17-18H,11H2,1H3. The average molecular weight is 335 g/mol. The van der Waals surface area contributed by atoms with E-state index in [1.54, 1.807) is 12.1 Å². The number of ether oxygens (including phenoxy) is 1. The van der Waals surface area contributed by atoms with Gasteiger partial charge in [-0.3, -0.25) is 4.79 Å². The van der Waals surface area contributed by atoms with Gasteiger partial charge < -0.3 is 9.84 Å². The fourth-order valence-electron chi connectivity index (χ4n) is 2.01. The van der Waals surface area contributed by atoms with E-state index < -0.39 is 28.6 Å². The molecule has 0 heterocycles. The summed E-state index contributed by atoms with van der Waals surface area (Å²) in [7, 11) is -2.82. The Bertz CT molecular complexity index is 757. The van der Waals surface area contributed by atoms with Crippen molar-refractivity contribution in [3.63, 3.8) is 0 Å². The highest BCUT2D eigenvalue weighted by molar-refractivity contribution is 7.89. The molecule has 0 aliphatic heterocycles. The number of benzene rings is 2. The number of nitrogens with one attached hydrogen (secondary N) is 1. The van der Waals surface area contributed by atoms with Gasteiger partial charge in [-0.1, -0.05) is 42.5 Å². The molecule has 0 radical (unpaired) electrons. The van der Waals surface area contributed by atoms with Crippen molar-refractivity contribution in [1.82, 2.24) is 4.72 Å². The number of hydrogen-bond acceptors (Lipinski definition) is 5. The zero-order valence-electron chi connectivity index (χ0n) is 12.5. The fourth-order valence-corrected chi connectivity index (χ4v) is 3.19. The third-order valence-electron chi connectivity index (χ3n) is 3.24. The van der Waals surface area contributed by atoms with Crippen LogP contribution in [0.3, 0.4) is 0 Å². The average Bonchev–Trinajstić information content (AvgIpc) is 2.60. The maximum Gasteiger partial charge on any atom is 0.326 e. The van der Waals surface area contributed by atoms with Crippen LogP contribution < -0.4 is 4.72 Å². The second-order valence-corrected chi connectivity index (χ2v) is 6.48. The highest BCUT2D eigenvalue weighted by Crippen LogP contribution is 2.21. The van der Waals surface area contributed by atoms with Crippen LogP contribution in [0.25, 0.3) is 11.1 Å². The number of aliphatic hydroxyl groups is 1. The molecular formula is C16H17NO5S. The molecule has 0 aliphatic carbocycles. The fraction of sp³-hybridized carbons (Fsp3) is 0.188. The molecule has 0 bridgehead atoms. The zero-order chi connectivity index (χ0) is 16.9. The lowest BCUT2D eigenvalue weighted by Crippen LogP contribution is -2.43. The summed E-state index contributed by atoms with van der Waals surface area (Å²) in [5, 5.41) is 9.10. The summed E-state index contributed by atoms with van der Waals surface area (Å²) in [6.07, 6.45) is 0. The largest absolute Gasteiger partial charge is 0.468 e. The summed E-state index contributed by atoms with van der Waals surface area (Å²) in [6, 6.07) is 14.4. The third kappa shape index (κ3) is 4.16. The highest BCUT2D eigenvalue weighted by atomic mass is 32.2. The molecule has 23 heavy (non-hydrogen) atoms. The van der Waals surface area contributed by atoms with Crippen LogP contribution in [0.1, 0.15) is 0 Å². The number of hydrogen-bond donors (Lipinski definition) is 2. The van der Waals surface area contributed by atoms with E-state index in [1.165, 1.54) is 12.1 Å². The smallest absolute Gasteiger partial charge is 0.326 e. The SMILES string of the molecule is COC(=O)C(CO)NS(=O)(=O)c1ccc(-c2ccccc2)cc1. The Hall–Kier alpha value is -2.22. The van der Waals surface area contributed by atoms with Crippen LogP contribution in [0.4, 0.5) is 0 Å². The van der Waals surface area contributed by atoms with Crippen LogP contribution >= 0.6 is 0 Å². The number of esters is 1. The van der Waals surface area contributed by atoms with Crippen LogP contribution in [0.5, 0.6) is 0 Å². The minimum absolute atomic E-state index is 0.000431. The van der Waals surface area contributed by atoms with E-state index in [-0.39, 0.29) is 4.90 Å². The summed E-state index contributed by atoms with van der Waals surface area (Å²) in [6.45, 7) is -0.687. The number of methoxy groups -OCH3 is 1. The molecule has 0 saturated carbocycles. The molecule has 0 fully saturated rings. The van der Waals surface area contributed by atoms with E-state index >= 15 is 0 Å². The van der Waals surface area contributed by atoms with Crippen LogP contribution in [0.15, 0.2) is 59.5 Å². The molecule has 6 nitrogen and oxygen atoms in total. The number of carbonyl (C=O) groups is 1. The molecule has 122 valence electrons. The van der Waals surface area contributed by atoms with Gasteiger partial charge in [0.15, 0.2) is 0 Å². The van der Waals surface area contributed by atoms with Crippen molar-refractivity contribution in [1.29, 1.82) is 0 Å². The molecule has 2 N–H and O–H groups in total. The first-order valence-corrected chi connectivity index (χ1v) is 8.33.